The first-order valence-electron chi connectivity index (χ1n) is 7.54. The van der Waals surface area contributed by atoms with Gasteiger partial charge in [0.25, 0.3) is 0 Å². The minimum Gasteiger partial charge on any atom is -0.0649 e. The molecule has 104 valence electrons. The maximum atomic E-state index is 2.49. The van der Waals surface area contributed by atoms with Crippen molar-refractivity contribution in [2.24, 2.45) is 28.6 Å². The van der Waals surface area contributed by atoms with E-state index in [0.29, 0.717) is 10.8 Å². The van der Waals surface area contributed by atoms with Gasteiger partial charge in [0.2, 0.25) is 0 Å². The molecule has 2 unspecified atom stereocenters. The molecule has 0 amide bonds. The molecule has 0 saturated carbocycles. The lowest BCUT2D eigenvalue weighted by Gasteiger charge is -2.43. The van der Waals surface area contributed by atoms with Crippen molar-refractivity contribution in [2.75, 3.05) is 0 Å². The summed E-state index contributed by atoms with van der Waals surface area (Å²) in [5.41, 5.74) is 0.967. The summed E-state index contributed by atoms with van der Waals surface area (Å²) >= 11 is 0. The summed E-state index contributed by atoms with van der Waals surface area (Å²) < 4.78 is 0. The van der Waals surface area contributed by atoms with E-state index in [0.717, 1.165) is 17.8 Å². The molecule has 0 heteroatoms. The SMILES string of the molecule is CCC(C)(CC(C)C)CC(C)(C)C(C)C(C)C. The van der Waals surface area contributed by atoms with Gasteiger partial charge in [-0.15, -0.1) is 0 Å². The molecule has 0 saturated heterocycles. The monoisotopic (exact) mass is 240 g/mol. The van der Waals surface area contributed by atoms with E-state index in [1.807, 2.05) is 0 Å². The lowest BCUT2D eigenvalue weighted by Crippen LogP contribution is -2.33. The number of rotatable bonds is 7. The highest BCUT2D eigenvalue weighted by Gasteiger charge is 2.36. The Hall–Kier alpha value is 0. The number of hydrogen-bond acceptors (Lipinski definition) is 0. The molecule has 0 radical (unpaired) electrons. The maximum Gasteiger partial charge on any atom is -0.0321 e. The summed E-state index contributed by atoms with van der Waals surface area (Å²) in [7, 11) is 0. The predicted octanol–water partition coefficient (Wildman–Crippen LogP) is 6.16. The first-order chi connectivity index (χ1) is 7.54. The molecule has 0 nitrogen and oxygen atoms in total. The van der Waals surface area contributed by atoms with E-state index in [-0.39, 0.29) is 0 Å². The van der Waals surface area contributed by atoms with E-state index < -0.39 is 0 Å². The summed E-state index contributed by atoms with van der Waals surface area (Å²) in [6, 6.07) is 0. The van der Waals surface area contributed by atoms with Crippen molar-refractivity contribution in [3.05, 3.63) is 0 Å². The van der Waals surface area contributed by atoms with Gasteiger partial charge in [-0.3, -0.25) is 0 Å². The molecule has 0 aromatic heterocycles. The van der Waals surface area contributed by atoms with Gasteiger partial charge >= 0.3 is 0 Å². The van der Waals surface area contributed by atoms with Crippen LogP contribution in [0.5, 0.6) is 0 Å². The van der Waals surface area contributed by atoms with Crippen LogP contribution < -0.4 is 0 Å². The van der Waals surface area contributed by atoms with Gasteiger partial charge in [0, 0.05) is 0 Å². The molecular formula is C17H36. The van der Waals surface area contributed by atoms with Crippen molar-refractivity contribution in [1.82, 2.24) is 0 Å². The molecule has 0 aromatic rings. The highest BCUT2D eigenvalue weighted by molar-refractivity contribution is 4.86. The topological polar surface area (TPSA) is 0 Å². The first-order valence-corrected chi connectivity index (χ1v) is 7.54. The second kappa shape index (κ2) is 6.25. The van der Waals surface area contributed by atoms with Crippen LogP contribution in [0.4, 0.5) is 0 Å². The molecule has 0 aliphatic rings. The fourth-order valence-corrected chi connectivity index (χ4v) is 3.49. The van der Waals surface area contributed by atoms with Crippen molar-refractivity contribution in [3.8, 4) is 0 Å². The van der Waals surface area contributed by atoms with Crippen LogP contribution in [0.1, 0.15) is 81.6 Å². The third kappa shape index (κ3) is 5.44. The van der Waals surface area contributed by atoms with E-state index >= 15 is 0 Å². The summed E-state index contributed by atoms with van der Waals surface area (Å²) in [6.07, 6.45) is 4.02. The molecule has 0 bridgehead atoms. The van der Waals surface area contributed by atoms with E-state index in [1.165, 1.54) is 19.3 Å². The van der Waals surface area contributed by atoms with Crippen LogP contribution in [0.25, 0.3) is 0 Å². The lowest BCUT2D eigenvalue weighted by molar-refractivity contribution is 0.0751. The van der Waals surface area contributed by atoms with Crippen molar-refractivity contribution in [1.29, 1.82) is 0 Å². The Morgan fingerprint density at radius 2 is 1.35 bits per heavy atom. The third-order valence-corrected chi connectivity index (χ3v) is 4.87. The van der Waals surface area contributed by atoms with Gasteiger partial charge in [-0.1, -0.05) is 68.7 Å². The van der Waals surface area contributed by atoms with Crippen molar-refractivity contribution in [2.45, 2.75) is 81.6 Å². The normalized spacial score (nSPS) is 18.5. The molecule has 0 aliphatic heterocycles. The zero-order valence-electron chi connectivity index (χ0n) is 13.9. The lowest BCUT2D eigenvalue weighted by atomic mass is 9.63. The van der Waals surface area contributed by atoms with Crippen LogP contribution >= 0.6 is 0 Å². The van der Waals surface area contributed by atoms with Crippen LogP contribution in [0.3, 0.4) is 0 Å². The van der Waals surface area contributed by atoms with Crippen LogP contribution in [0.15, 0.2) is 0 Å². The zero-order valence-corrected chi connectivity index (χ0v) is 13.9. The fraction of sp³-hybridized carbons (Fsp3) is 1.00. The first kappa shape index (κ1) is 17.0. The molecular weight excluding hydrogens is 204 g/mol. The second-order valence-corrected chi connectivity index (χ2v) is 7.96. The van der Waals surface area contributed by atoms with Crippen LogP contribution in [-0.4, -0.2) is 0 Å². The third-order valence-electron chi connectivity index (χ3n) is 4.87. The van der Waals surface area contributed by atoms with Gasteiger partial charge in [-0.2, -0.15) is 0 Å². The summed E-state index contributed by atoms with van der Waals surface area (Å²) in [4.78, 5) is 0. The van der Waals surface area contributed by atoms with E-state index in [9.17, 15) is 0 Å². The molecule has 17 heavy (non-hydrogen) atoms. The molecule has 0 heterocycles. The summed E-state index contributed by atoms with van der Waals surface area (Å²) in [5, 5.41) is 0. The minimum atomic E-state index is 0.452. The molecule has 0 N–H and O–H groups in total. The molecule has 0 aliphatic carbocycles. The molecule has 0 rings (SSSR count). The largest absolute Gasteiger partial charge is 0.0649 e. The number of hydrogen-bond donors (Lipinski definition) is 0. The Morgan fingerprint density at radius 1 is 0.882 bits per heavy atom. The quantitative estimate of drug-likeness (QED) is 0.500. The predicted molar refractivity (Wildman–Crippen MR) is 80.3 cm³/mol. The van der Waals surface area contributed by atoms with Crippen molar-refractivity contribution < 1.29 is 0 Å². The van der Waals surface area contributed by atoms with E-state index in [4.69, 9.17) is 0 Å². The highest BCUT2D eigenvalue weighted by Crippen LogP contribution is 2.46. The smallest absolute Gasteiger partial charge is 0.0321 e. The maximum absolute atomic E-state index is 2.49. The van der Waals surface area contributed by atoms with E-state index in [2.05, 4.69) is 62.3 Å². The van der Waals surface area contributed by atoms with Gasteiger partial charge in [0.05, 0.1) is 0 Å². The fourth-order valence-electron chi connectivity index (χ4n) is 3.49. The zero-order chi connectivity index (χ0) is 13.9. The van der Waals surface area contributed by atoms with Crippen LogP contribution in [0, 0.1) is 28.6 Å². The van der Waals surface area contributed by atoms with E-state index in [1.54, 1.807) is 0 Å². The molecule has 2 atom stereocenters. The Labute approximate surface area is 111 Å². The van der Waals surface area contributed by atoms with Crippen molar-refractivity contribution >= 4 is 0 Å². The van der Waals surface area contributed by atoms with Gasteiger partial charge in [-0.25, -0.2) is 0 Å². The summed E-state index contributed by atoms with van der Waals surface area (Å²) in [5.74, 6) is 2.38. The Kier molecular flexibility index (Phi) is 6.25. The Balaban J connectivity index is 4.75. The highest BCUT2D eigenvalue weighted by atomic mass is 14.4. The van der Waals surface area contributed by atoms with Gasteiger partial charge in [0.1, 0.15) is 0 Å². The Bertz CT molecular complexity index is 209. The molecule has 0 spiro atoms. The van der Waals surface area contributed by atoms with Gasteiger partial charge < -0.3 is 0 Å². The van der Waals surface area contributed by atoms with Gasteiger partial charge in [-0.05, 0) is 41.4 Å². The molecule has 0 aromatic carbocycles. The Morgan fingerprint density at radius 3 is 1.65 bits per heavy atom. The summed E-state index contributed by atoms with van der Waals surface area (Å²) in [6.45, 7) is 21.6. The average Bonchev–Trinajstić information content (AvgIpc) is 2.14. The minimum absolute atomic E-state index is 0.452. The second-order valence-electron chi connectivity index (χ2n) is 7.96. The van der Waals surface area contributed by atoms with Crippen LogP contribution in [-0.2, 0) is 0 Å². The molecule has 0 fully saturated rings. The van der Waals surface area contributed by atoms with Crippen molar-refractivity contribution in [3.63, 3.8) is 0 Å². The average molecular weight is 240 g/mol. The standard InChI is InChI=1S/C17H36/c1-10-17(9,11-13(2)3)12-16(7,8)15(6)14(4)5/h13-15H,10-12H2,1-9H3. The van der Waals surface area contributed by atoms with Gasteiger partial charge in [0.15, 0.2) is 0 Å². The van der Waals surface area contributed by atoms with Crippen LogP contribution in [0.2, 0.25) is 0 Å².